The van der Waals surface area contributed by atoms with Crippen LogP contribution in [0.2, 0.25) is 5.02 Å². The van der Waals surface area contributed by atoms with Crippen molar-refractivity contribution < 1.29 is 9.69 Å². The number of nitrogens with zero attached hydrogens (tertiary/aromatic N) is 1. The highest BCUT2D eigenvalue weighted by Gasteiger charge is 2.31. The molecule has 1 heterocycles. The summed E-state index contributed by atoms with van der Waals surface area (Å²) in [6.45, 7) is 5.90. The first-order chi connectivity index (χ1) is 11.1. The predicted octanol–water partition coefficient (Wildman–Crippen LogP) is 1.49. The average molecular weight is 337 g/mol. The SMILES string of the molecule is C[C@@H](C(=O)NC1CCCC1)[NH+]1CCN(c2ccccc2Cl)CC1. The summed E-state index contributed by atoms with van der Waals surface area (Å²) in [5.41, 5.74) is 1.11. The number of amides is 1. The molecule has 1 saturated heterocycles. The van der Waals surface area contributed by atoms with Crippen molar-refractivity contribution in [3.63, 3.8) is 0 Å². The van der Waals surface area contributed by atoms with E-state index in [2.05, 4.69) is 23.2 Å². The van der Waals surface area contributed by atoms with Gasteiger partial charge in [-0.25, -0.2) is 0 Å². The molecule has 1 saturated carbocycles. The molecule has 1 aromatic rings. The van der Waals surface area contributed by atoms with Crippen molar-refractivity contribution in [3.8, 4) is 0 Å². The Bertz CT molecular complexity index is 537. The van der Waals surface area contributed by atoms with Crippen LogP contribution in [0.1, 0.15) is 32.6 Å². The molecule has 1 amide bonds. The van der Waals surface area contributed by atoms with Gasteiger partial charge in [-0.3, -0.25) is 4.79 Å². The van der Waals surface area contributed by atoms with Crippen molar-refractivity contribution in [2.24, 2.45) is 0 Å². The molecule has 2 aliphatic rings. The molecule has 0 radical (unpaired) electrons. The van der Waals surface area contributed by atoms with Crippen LogP contribution in [0, 0.1) is 0 Å². The van der Waals surface area contributed by atoms with Gasteiger partial charge in [0.05, 0.1) is 36.9 Å². The van der Waals surface area contributed by atoms with Crippen molar-refractivity contribution >= 4 is 23.2 Å². The predicted molar refractivity (Wildman–Crippen MR) is 94.2 cm³/mol. The molecule has 1 aliphatic carbocycles. The quantitative estimate of drug-likeness (QED) is 0.874. The minimum Gasteiger partial charge on any atom is -0.359 e. The van der Waals surface area contributed by atoms with Crippen LogP contribution >= 0.6 is 11.6 Å². The molecule has 0 bridgehead atoms. The number of benzene rings is 1. The number of rotatable bonds is 4. The van der Waals surface area contributed by atoms with E-state index in [1.165, 1.54) is 17.7 Å². The van der Waals surface area contributed by atoms with E-state index in [0.29, 0.717) is 6.04 Å². The molecule has 4 nitrogen and oxygen atoms in total. The van der Waals surface area contributed by atoms with Crippen molar-refractivity contribution in [1.82, 2.24) is 5.32 Å². The molecule has 126 valence electrons. The molecular formula is C18H27ClN3O+. The summed E-state index contributed by atoms with van der Waals surface area (Å²) in [4.78, 5) is 16.1. The third-order valence-corrected chi connectivity index (χ3v) is 5.63. The van der Waals surface area contributed by atoms with E-state index < -0.39 is 0 Å². The number of piperazine rings is 1. The highest BCUT2D eigenvalue weighted by atomic mass is 35.5. The smallest absolute Gasteiger partial charge is 0.278 e. The zero-order valence-electron chi connectivity index (χ0n) is 13.9. The minimum absolute atomic E-state index is 0.0315. The summed E-state index contributed by atoms with van der Waals surface area (Å²) in [5.74, 6) is 0.220. The van der Waals surface area contributed by atoms with Gasteiger partial charge in [0.15, 0.2) is 6.04 Å². The van der Waals surface area contributed by atoms with Crippen molar-refractivity contribution in [3.05, 3.63) is 29.3 Å². The highest BCUT2D eigenvalue weighted by molar-refractivity contribution is 6.33. The van der Waals surface area contributed by atoms with Crippen LogP contribution in [0.3, 0.4) is 0 Å². The molecule has 1 atom stereocenters. The normalized spacial score (nSPS) is 21.4. The van der Waals surface area contributed by atoms with Crippen LogP contribution in [0.25, 0.3) is 0 Å². The van der Waals surface area contributed by atoms with Gasteiger partial charge in [-0.2, -0.15) is 0 Å². The maximum Gasteiger partial charge on any atom is 0.278 e. The molecule has 3 rings (SSSR count). The van der Waals surface area contributed by atoms with Gasteiger partial charge in [0, 0.05) is 6.04 Å². The lowest BCUT2D eigenvalue weighted by Crippen LogP contribution is -3.19. The molecule has 2 N–H and O–H groups in total. The van der Waals surface area contributed by atoms with E-state index in [9.17, 15) is 4.79 Å². The maximum atomic E-state index is 12.4. The Balaban J connectivity index is 1.51. The Kier molecular flexibility index (Phi) is 5.44. The molecule has 5 heteroatoms. The molecule has 23 heavy (non-hydrogen) atoms. The number of carbonyl (C=O) groups excluding carboxylic acids is 1. The highest BCUT2D eigenvalue weighted by Crippen LogP contribution is 2.24. The van der Waals surface area contributed by atoms with Gasteiger partial charge in [-0.15, -0.1) is 0 Å². The number of hydrogen-bond acceptors (Lipinski definition) is 2. The fourth-order valence-corrected chi connectivity index (χ4v) is 4.01. The first kappa shape index (κ1) is 16.6. The molecule has 0 unspecified atom stereocenters. The summed E-state index contributed by atoms with van der Waals surface area (Å²) >= 11 is 6.29. The van der Waals surface area contributed by atoms with Crippen molar-refractivity contribution in [2.45, 2.75) is 44.7 Å². The number of para-hydroxylation sites is 1. The lowest BCUT2D eigenvalue weighted by molar-refractivity contribution is -0.914. The fraction of sp³-hybridized carbons (Fsp3) is 0.611. The molecule has 1 aromatic carbocycles. The summed E-state index contributed by atoms with van der Waals surface area (Å²) in [7, 11) is 0. The van der Waals surface area contributed by atoms with Crippen LogP contribution < -0.4 is 15.1 Å². The first-order valence-electron chi connectivity index (χ1n) is 8.79. The summed E-state index contributed by atoms with van der Waals surface area (Å²) in [6, 6.07) is 8.44. The monoisotopic (exact) mass is 336 g/mol. The second-order valence-electron chi connectivity index (χ2n) is 6.81. The summed E-state index contributed by atoms with van der Waals surface area (Å²) in [5, 5.41) is 4.04. The van der Waals surface area contributed by atoms with Gasteiger partial charge in [-0.05, 0) is 31.9 Å². The van der Waals surface area contributed by atoms with Gasteiger partial charge < -0.3 is 15.1 Å². The Labute approximate surface area is 143 Å². The molecule has 2 fully saturated rings. The van der Waals surface area contributed by atoms with Crippen LogP contribution in [-0.4, -0.2) is 44.2 Å². The van der Waals surface area contributed by atoms with Crippen molar-refractivity contribution in [1.29, 1.82) is 0 Å². The van der Waals surface area contributed by atoms with E-state index in [1.807, 2.05) is 18.2 Å². The third kappa shape index (κ3) is 3.99. The zero-order valence-corrected chi connectivity index (χ0v) is 14.6. The molecule has 0 aromatic heterocycles. The number of quaternary nitrogens is 1. The van der Waals surface area contributed by atoms with E-state index in [0.717, 1.165) is 49.7 Å². The van der Waals surface area contributed by atoms with Crippen LogP contribution in [0.5, 0.6) is 0 Å². The standard InChI is InChI=1S/C18H26ClN3O/c1-14(18(23)20-15-6-2-3-7-15)21-10-12-22(13-11-21)17-9-5-4-8-16(17)19/h4-5,8-9,14-15H,2-3,6-7,10-13H2,1H3,(H,20,23)/p+1/t14-/m0/s1. The lowest BCUT2D eigenvalue weighted by atomic mass is 10.1. The van der Waals surface area contributed by atoms with Crippen LogP contribution in [-0.2, 0) is 4.79 Å². The van der Waals surface area contributed by atoms with Crippen molar-refractivity contribution in [2.75, 3.05) is 31.1 Å². The van der Waals surface area contributed by atoms with Crippen LogP contribution in [0.4, 0.5) is 5.69 Å². The fourth-order valence-electron chi connectivity index (χ4n) is 3.76. The van der Waals surface area contributed by atoms with E-state index in [-0.39, 0.29) is 11.9 Å². The number of halogens is 1. The lowest BCUT2D eigenvalue weighted by Gasteiger charge is -2.36. The second-order valence-corrected chi connectivity index (χ2v) is 7.22. The van der Waals surface area contributed by atoms with Crippen LogP contribution in [0.15, 0.2) is 24.3 Å². The molecular weight excluding hydrogens is 310 g/mol. The number of nitrogens with one attached hydrogen (secondary N) is 2. The molecule has 0 spiro atoms. The largest absolute Gasteiger partial charge is 0.359 e. The number of hydrogen-bond donors (Lipinski definition) is 2. The summed E-state index contributed by atoms with van der Waals surface area (Å²) < 4.78 is 0. The van der Waals surface area contributed by atoms with E-state index in [4.69, 9.17) is 11.6 Å². The van der Waals surface area contributed by atoms with Gasteiger partial charge in [0.25, 0.3) is 5.91 Å². The molecule has 1 aliphatic heterocycles. The minimum atomic E-state index is 0.0315. The first-order valence-corrected chi connectivity index (χ1v) is 9.17. The number of anilines is 1. The topological polar surface area (TPSA) is 36.8 Å². The second kappa shape index (κ2) is 7.54. The third-order valence-electron chi connectivity index (χ3n) is 5.31. The Morgan fingerprint density at radius 3 is 2.57 bits per heavy atom. The van der Waals surface area contributed by atoms with Gasteiger partial charge in [0.2, 0.25) is 0 Å². The van der Waals surface area contributed by atoms with E-state index in [1.54, 1.807) is 0 Å². The van der Waals surface area contributed by atoms with E-state index >= 15 is 0 Å². The number of carbonyl (C=O) groups is 1. The Morgan fingerprint density at radius 2 is 1.91 bits per heavy atom. The Morgan fingerprint density at radius 1 is 1.26 bits per heavy atom. The maximum absolute atomic E-state index is 12.4. The summed E-state index contributed by atoms with van der Waals surface area (Å²) in [6.07, 6.45) is 4.80. The average Bonchev–Trinajstić information content (AvgIpc) is 3.08. The van der Waals surface area contributed by atoms with Gasteiger partial charge >= 0.3 is 0 Å². The Hall–Kier alpha value is -1.26. The zero-order chi connectivity index (χ0) is 16.2. The van der Waals surface area contributed by atoms with Gasteiger partial charge in [-0.1, -0.05) is 36.6 Å². The van der Waals surface area contributed by atoms with Gasteiger partial charge in [0.1, 0.15) is 0 Å².